The summed E-state index contributed by atoms with van der Waals surface area (Å²) in [6.45, 7) is 6.88. The Hall–Kier alpha value is -2.23. The lowest BCUT2D eigenvalue weighted by atomic mass is 10.1. The molecule has 0 saturated carbocycles. The molecule has 1 saturated heterocycles. The van der Waals surface area contributed by atoms with Crippen LogP contribution in [0, 0.1) is 0 Å². The van der Waals surface area contributed by atoms with Crippen LogP contribution in [0.2, 0.25) is 0 Å². The van der Waals surface area contributed by atoms with E-state index in [-0.39, 0.29) is 12.2 Å². The zero-order chi connectivity index (χ0) is 16.4. The summed E-state index contributed by atoms with van der Waals surface area (Å²) in [5.74, 6) is 0.874. The minimum atomic E-state index is -0.467. The third-order valence-electron chi connectivity index (χ3n) is 3.84. The van der Waals surface area contributed by atoms with Crippen LogP contribution in [-0.2, 0) is 4.74 Å². The predicted octanol–water partition coefficient (Wildman–Crippen LogP) is 4.23. The molecule has 0 aliphatic carbocycles. The number of ether oxygens (including phenoxy) is 2. The highest BCUT2D eigenvalue weighted by atomic mass is 16.6. The van der Waals surface area contributed by atoms with Gasteiger partial charge in [-0.05, 0) is 32.2 Å². The van der Waals surface area contributed by atoms with E-state index >= 15 is 0 Å². The number of likely N-dealkylation sites (tertiary alicyclic amines) is 1. The Kier molecular flexibility index (Phi) is 4.16. The highest BCUT2D eigenvalue weighted by Crippen LogP contribution is 2.28. The van der Waals surface area contributed by atoms with Crippen molar-refractivity contribution in [3.05, 3.63) is 42.5 Å². The Morgan fingerprint density at radius 2 is 1.87 bits per heavy atom. The van der Waals surface area contributed by atoms with E-state index in [4.69, 9.17) is 9.47 Å². The fraction of sp³-hybridized carbons (Fsp3) is 0.421. The molecule has 1 unspecified atom stereocenters. The Morgan fingerprint density at radius 3 is 2.65 bits per heavy atom. The molecule has 0 spiro atoms. The number of hydrogen-bond donors (Lipinski definition) is 0. The van der Waals surface area contributed by atoms with Gasteiger partial charge in [0.05, 0.1) is 6.54 Å². The molecule has 23 heavy (non-hydrogen) atoms. The van der Waals surface area contributed by atoms with Gasteiger partial charge in [-0.25, -0.2) is 4.79 Å². The Morgan fingerprint density at radius 1 is 1.13 bits per heavy atom. The average Bonchev–Trinajstić information content (AvgIpc) is 2.95. The largest absolute Gasteiger partial charge is 0.488 e. The van der Waals surface area contributed by atoms with E-state index in [1.54, 1.807) is 4.90 Å². The third kappa shape index (κ3) is 3.76. The number of carbonyl (C=O) groups excluding carboxylic acids is 1. The topological polar surface area (TPSA) is 38.8 Å². The van der Waals surface area contributed by atoms with Crippen LogP contribution in [0.25, 0.3) is 10.8 Å². The molecule has 1 fully saturated rings. The molecule has 0 radical (unpaired) electrons. The van der Waals surface area contributed by atoms with Crippen LogP contribution >= 0.6 is 0 Å². The van der Waals surface area contributed by atoms with Gasteiger partial charge in [0, 0.05) is 18.4 Å². The Bertz CT molecular complexity index is 700. The molecular weight excluding hydrogens is 290 g/mol. The maximum absolute atomic E-state index is 12.1. The fourth-order valence-corrected chi connectivity index (χ4v) is 2.79. The van der Waals surface area contributed by atoms with Crippen molar-refractivity contribution in [1.29, 1.82) is 0 Å². The van der Waals surface area contributed by atoms with Gasteiger partial charge in [-0.2, -0.15) is 0 Å². The second-order valence-electron chi connectivity index (χ2n) is 6.93. The first-order valence-electron chi connectivity index (χ1n) is 8.05. The molecular formula is C19H23NO3. The van der Waals surface area contributed by atoms with Crippen molar-refractivity contribution >= 4 is 16.9 Å². The Labute approximate surface area is 137 Å². The number of nitrogens with zero attached hydrogens (tertiary/aromatic N) is 1. The van der Waals surface area contributed by atoms with Crippen molar-refractivity contribution in [3.8, 4) is 5.75 Å². The molecule has 1 heterocycles. The molecule has 4 heteroatoms. The highest BCUT2D eigenvalue weighted by molar-refractivity contribution is 5.88. The van der Waals surface area contributed by atoms with Gasteiger partial charge in [0.1, 0.15) is 17.5 Å². The van der Waals surface area contributed by atoms with Gasteiger partial charge in [0.25, 0.3) is 0 Å². The standard InChI is InChI=1S/C19H23NO3/c1-19(2,3)23-18(21)20-12-11-15(13-20)22-17-10-6-8-14-7-4-5-9-16(14)17/h4-10,15H,11-13H2,1-3H3. The lowest BCUT2D eigenvalue weighted by Gasteiger charge is -2.24. The zero-order valence-electron chi connectivity index (χ0n) is 13.9. The summed E-state index contributed by atoms with van der Waals surface area (Å²) in [4.78, 5) is 13.8. The summed E-state index contributed by atoms with van der Waals surface area (Å²) in [6, 6.07) is 14.2. The van der Waals surface area contributed by atoms with Crippen LogP contribution in [-0.4, -0.2) is 35.8 Å². The van der Waals surface area contributed by atoms with Gasteiger partial charge in [0.15, 0.2) is 0 Å². The van der Waals surface area contributed by atoms with Crippen LogP contribution in [0.5, 0.6) is 5.75 Å². The number of amides is 1. The van der Waals surface area contributed by atoms with Gasteiger partial charge >= 0.3 is 6.09 Å². The predicted molar refractivity (Wildman–Crippen MR) is 90.8 cm³/mol. The van der Waals surface area contributed by atoms with E-state index in [0.717, 1.165) is 22.9 Å². The molecule has 1 atom stereocenters. The van der Waals surface area contributed by atoms with Gasteiger partial charge in [-0.3, -0.25) is 0 Å². The van der Waals surface area contributed by atoms with E-state index < -0.39 is 5.60 Å². The minimum absolute atomic E-state index is 0.00771. The first-order chi connectivity index (χ1) is 10.9. The molecule has 1 aliphatic rings. The molecule has 4 nitrogen and oxygen atoms in total. The van der Waals surface area contributed by atoms with Gasteiger partial charge in [-0.1, -0.05) is 36.4 Å². The Balaban J connectivity index is 1.67. The summed E-state index contributed by atoms with van der Waals surface area (Å²) >= 11 is 0. The lowest BCUT2D eigenvalue weighted by molar-refractivity contribution is 0.0276. The van der Waals surface area contributed by atoms with Crippen molar-refractivity contribution in [3.63, 3.8) is 0 Å². The van der Waals surface area contributed by atoms with Gasteiger partial charge in [0.2, 0.25) is 0 Å². The number of hydrogen-bond acceptors (Lipinski definition) is 3. The van der Waals surface area contributed by atoms with Crippen LogP contribution in [0.4, 0.5) is 4.79 Å². The minimum Gasteiger partial charge on any atom is -0.488 e. The van der Waals surface area contributed by atoms with Crippen LogP contribution in [0.15, 0.2) is 42.5 Å². The SMILES string of the molecule is CC(C)(C)OC(=O)N1CCC(Oc2cccc3ccccc23)C1. The van der Waals surface area contributed by atoms with E-state index in [9.17, 15) is 4.79 Å². The molecule has 3 rings (SSSR count). The summed E-state index contributed by atoms with van der Waals surface area (Å²) < 4.78 is 11.6. The fourth-order valence-electron chi connectivity index (χ4n) is 2.79. The monoisotopic (exact) mass is 313 g/mol. The average molecular weight is 313 g/mol. The first-order valence-corrected chi connectivity index (χ1v) is 8.05. The van der Waals surface area contributed by atoms with Gasteiger partial charge in [-0.15, -0.1) is 0 Å². The highest BCUT2D eigenvalue weighted by Gasteiger charge is 2.31. The van der Waals surface area contributed by atoms with Crippen molar-refractivity contribution in [1.82, 2.24) is 4.90 Å². The molecule has 2 aromatic carbocycles. The summed E-state index contributed by atoms with van der Waals surface area (Å²) in [5, 5.41) is 2.26. The number of rotatable bonds is 2. The van der Waals surface area contributed by atoms with Crippen molar-refractivity contribution in [2.45, 2.75) is 38.9 Å². The van der Waals surface area contributed by atoms with Gasteiger partial charge < -0.3 is 14.4 Å². The van der Waals surface area contributed by atoms with E-state index in [2.05, 4.69) is 18.2 Å². The zero-order valence-corrected chi connectivity index (χ0v) is 13.9. The van der Waals surface area contributed by atoms with Crippen LogP contribution < -0.4 is 4.74 Å². The lowest BCUT2D eigenvalue weighted by Crippen LogP contribution is -2.36. The summed E-state index contributed by atoms with van der Waals surface area (Å²) in [5.41, 5.74) is -0.467. The molecule has 0 bridgehead atoms. The third-order valence-corrected chi connectivity index (χ3v) is 3.84. The van der Waals surface area contributed by atoms with Crippen molar-refractivity contribution < 1.29 is 14.3 Å². The maximum Gasteiger partial charge on any atom is 0.410 e. The van der Waals surface area contributed by atoms with E-state index in [0.29, 0.717) is 13.1 Å². The van der Waals surface area contributed by atoms with Crippen molar-refractivity contribution in [2.24, 2.45) is 0 Å². The quantitative estimate of drug-likeness (QED) is 0.833. The number of benzene rings is 2. The second kappa shape index (κ2) is 6.11. The first kappa shape index (κ1) is 15.7. The van der Waals surface area contributed by atoms with E-state index in [1.807, 2.05) is 45.0 Å². The molecule has 1 aliphatic heterocycles. The molecule has 122 valence electrons. The molecule has 1 amide bonds. The second-order valence-corrected chi connectivity index (χ2v) is 6.93. The molecule has 0 aromatic heterocycles. The summed E-state index contributed by atoms with van der Waals surface area (Å²) in [6.07, 6.45) is 0.567. The molecule has 2 aromatic rings. The van der Waals surface area contributed by atoms with Crippen LogP contribution in [0.3, 0.4) is 0 Å². The summed E-state index contributed by atoms with van der Waals surface area (Å²) in [7, 11) is 0. The van der Waals surface area contributed by atoms with E-state index in [1.165, 1.54) is 0 Å². The maximum atomic E-state index is 12.1. The normalized spacial score (nSPS) is 18.2. The number of fused-ring (bicyclic) bond motifs is 1. The molecule has 0 N–H and O–H groups in total. The van der Waals surface area contributed by atoms with Crippen molar-refractivity contribution in [2.75, 3.05) is 13.1 Å². The smallest absolute Gasteiger partial charge is 0.410 e. The van der Waals surface area contributed by atoms with Crippen LogP contribution in [0.1, 0.15) is 27.2 Å². The number of carbonyl (C=O) groups is 1.